The van der Waals surface area contributed by atoms with Gasteiger partial charge in [-0.1, -0.05) is 198 Å². The SMILES string of the molecule is CC1(C)c2ccc(-c3c4ccccc4c(-c4ccc5c(c4)-c4c(ccc6ccccc46)C5(C)C)c4cc(-c5ccc6ccccc6c5)ccc34)cc2-c2c1ccc1ccccc21. The van der Waals surface area contributed by atoms with E-state index >= 15 is 0 Å². The molecule has 0 saturated carbocycles. The van der Waals surface area contributed by atoms with Crippen molar-refractivity contribution in [3.05, 3.63) is 216 Å². The fraction of sp³-hybridized carbons (Fsp3) is 0.0968. The predicted molar refractivity (Wildman–Crippen MR) is 265 cm³/mol. The number of hydrogen-bond acceptors (Lipinski definition) is 0. The Morgan fingerprint density at radius 2 is 0.629 bits per heavy atom. The minimum atomic E-state index is -0.101. The molecule has 0 atom stereocenters. The summed E-state index contributed by atoms with van der Waals surface area (Å²) in [6.07, 6.45) is 0. The lowest BCUT2D eigenvalue weighted by Crippen LogP contribution is -2.14. The van der Waals surface area contributed by atoms with Gasteiger partial charge in [0.05, 0.1) is 0 Å². The highest BCUT2D eigenvalue weighted by Crippen LogP contribution is 2.55. The standard InChI is InChI=1S/C62H44/c1-61(2)53-29-26-43(35-51(53)59-45-17-9-7-14-38(45)24-31-55(59)61)57-47-19-11-12-20-48(47)58(50-34-42(23-28-49(50)57)41-22-21-37-13-5-6-16-40(37)33-41)44-27-30-54-52(36-44)60-46-18-10-8-15-39(46)25-32-56(60)62(54,3)4/h5-36H,1-4H3. The molecule has 292 valence electrons. The van der Waals surface area contributed by atoms with Gasteiger partial charge >= 0.3 is 0 Å². The van der Waals surface area contributed by atoms with Crippen molar-refractivity contribution in [1.29, 1.82) is 0 Å². The number of rotatable bonds is 3. The number of benzene rings is 11. The molecule has 0 radical (unpaired) electrons. The quantitative estimate of drug-likeness (QED) is 0.156. The molecule has 2 aliphatic rings. The van der Waals surface area contributed by atoms with Gasteiger partial charge in [0, 0.05) is 10.8 Å². The Labute approximate surface area is 362 Å². The molecule has 0 spiro atoms. The summed E-state index contributed by atoms with van der Waals surface area (Å²) in [4.78, 5) is 0. The monoisotopic (exact) mass is 788 g/mol. The van der Waals surface area contributed by atoms with E-state index in [-0.39, 0.29) is 10.8 Å². The Balaban J connectivity index is 1.11. The van der Waals surface area contributed by atoms with Crippen molar-refractivity contribution in [2.75, 3.05) is 0 Å². The molecule has 0 heteroatoms. The molecule has 2 aliphatic carbocycles. The van der Waals surface area contributed by atoms with Crippen LogP contribution in [0.25, 0.3) is 109 Å². The lowest BCUT2D eigenvalue weighted by atomic mass is 9.80. The largest absolute Gasteiger partial charge is 0.0616 e. The first kappa shape index (κ1) is 35.5. The second-order valence-electron chi connectivity index (χ2n) is 18.8. The maximum absolute atomic E-state index is 2.51. The highest BCUT2D eigenvalue weighted by Gasteiger charge is 2.38. The van der Waals surface area contributed by atoms with Crippen molar-refractivity contribution >= 4 is 53.9 Å². The van der Waals surface area contributed by atoms with Gasteiger partial charge in [-0.15, -0.1) is 0 Å². The zero-order valence-electron chi connectivity index (χ0n) is 35.5. The van der Waals surface area contributed by atoms with E-state index in [1.807, 2.05) is 0 Å². The van der Waals surface area contributed by atoms with E-state index in [4.69, 9.17) is 0 Å². The van der Waals surface area contributed by atoms with E-state index in [1.165, 1.54) is 132 Å². The van der Waals surface area contributed by atoms with Gasteiger partial charge in [-0.3, -0.25) is 0 Å². The van der Waals surface area contributed by atoms with E-state index in [1.54, 1.807) is 0 Å². The van der Waals surface area contributed by atoms with E-state index in [9.17, 15) is 0 Å². The average Bonchev–Trinajstić information content (AvgIpc) is 3.69. The summed E-state index contributed by atoms with van der Waals surface area (Å²) in [6.45, 7) is 9.55. The minimum Gasteiger partial charge on any atom is -0.0616 e. The molecule has 13 rings (SSSR count). The fourth-order valence-corrected chi connectivity index (χ4v) is 11.7. The predicted octanol–water partition coefficient (Wildman–Crippen LogP) is 17.1. The first-order valence-corrected chi connectivity index (χ1v) is 22.1. The van der Waals surface area contributed by atoms with E-state index in [0.29, 0.717) is 0 Å². The van der Waals surface area contributed by atoms with Crippen LogP contribution in [0.3, 0.4) is 0 Å². The van der Waals surface area contributed by atoms with Crippen LogP contribution in [0.5, 0.6) is 0 Å². The topological polar surface area (TPSA) is 0 Å². The summed E-state index contributed by atoms with van der Waals surface area (Å²) in [5.74, 6) is 0. The molecule has 11 aromatic carbocycles. The maximum atomic E-state index is 2.51. The normalized spacial score (nSPS) is 14.4. The van der Waals surface area contributed by atoms with Crippen molar-refractivity contribution in [2.24, 2.45) is 0 Å². The third-order valence-electron chi connectivity index (χ3n) is 14.8. The smallest absolute Gasteiger partial charge is 0.0159 e. The van der Waals surface area contributed by atoms with Gasteiger partial charge in [0.2, 0.25) is 0 Å². The van der Waals surface area contributed by atoms with Crippen LogP contribution in [-0.2, 0) is 10.8 Å². The molecule has 0 unspecified atom stereocenters. The Hall–Kier alpha value is -7.28. The molecule has 62 heavy (non-hydrogen) atoms. The molecular formula is C62H44. The summed E-state index contributed by atoms with van der Waals surface area (Å²) in [6, 6.07) is 73.7. The van der Waals surface area contributed by atoms with Gasteiger partial charge in [0.25, 0.3) is 0 Å². The average molecular weight is 789 g/mol. The lowest BCUT2D eigenvalue weighted by Gasteiger charge is -2.23. The van der Waals surface area contributed by atoms with Crippen LogP contribution in [0.1, 0.15) is 49.9 Å². The molecule has 0 aromatic heterocycles. The van der Waals surface area contributed by atoms with Crippen molar-refractivity contribution in [2.45, 2.75) is 38.5 Å². The van der Waals surface area contributed by atoms with Crippen LogP contribution in [0, 0.1) is 0 Å². The molecule has 0 N–H and O–H groups in total. The summed E-state index contributed by atoms with van der Waals surface area (Å²) in [7, 11) is 0. The first-order valence-electron chi connectivity index (χ1n) is 22.1. The van der Waals surface area contributed by atoms with Crippen molar-refractivity contribution in [1.82, 2.24) is 0 Å². The zero-order valence-corrected chi connectivity index (χ0v) is 35.5. The summed E-state index contributed by atoms with van der Waals surface area (Å²) >= 11 is 0. The van der Waals surface area contributed by atoms with Crippen molar-refractivity contribution < 1.29 is 0 Å². The third-order valence-corrected chi connectivity index (χ3v) is 14.8. The van der Waals surface area contributed by atoms with Crippen molar-refractivity contribution in [3.63, 3.8) is 0 Å². The van der Waals surface area contributed by atoms with E-state index in [0.717, 1.165) is 0 Å². The van der Waals surface area contributed by atoms with Crippen LogP contribution >= 0.6 is 0 Å². The maximum Gasteiger partial charge on any atom is 0.0159 e. The summed E-state index contributed by atoms with van der Waals surface area (Å²) in [5, 5.41) is 12.8. The minimum absolute atomic E-state index is 0.0952. The van der Waals surface area contributed by atoms with E-state index < -0.39 is 0 Å². The van der Waals surface area contributed by atoms with Gasteiger partial charge in [0.1, 0.15) is 0 Å². The second kappa shape index (κ2) is 12.6. The number of hydrogen-bond donors (Lipinski definition) is 0. The highest BCUT2D eigenvalue weighted by atomic mass is 14.4. The molecule has 0 nitrogen and oxygen atoms in total. The third kappa shape index (κ3) is 4.84. The van der Waals surface area contributed by atoms with Crippen LogP contribution in [0.2, 0.25) is 0 Å². The van der Waals surface area contributed by atoms with Crippen LogP contribution in [0.15, 0.2) is 194 Å². The van der Waals surface area contributed by atoms with Gasteiger partial charge < -0.3 is 0 Å². The first-order chi connectivity index (χ1) is 30.3. The van der Waals surface area contributed by atoms with Crippen molar-refractivity contribution in [3.8, 4) is 55.6 Å². The van der Waals surface area contributed by atoms with Gasteiger partial charge in [-0.05, 0) is 156 Å². The van der Waals surface area contributed by atoms with E-state index in [2.05, 4.69) is 222 Å². The zero-order chi connectivity index (χ0) is 41.5. The van der Waals surface area contributed by atoms with Gasteiger partial charge in [0.15, 0.2) is 0 Å². The van der Waals surface area contributed by atoms with Crippen LogP contribution < -0.4 is 0 Å². The molecule has 0 fully saturated rings. The molecule has 11 aromatic rings. The van der Waals surface area contributed by atoms with Crippen LogP contribution in [-0.4, -0.2) is 0 Å². The Kier molecular flexibility index (Phi) is 7.23. The molecule has 0 aliphatic heterocycles. The lowest BCUT2D eigenvalue weighted by molar-refractivity contribution is 0.661. The molecule has 0 amide bonds. The summed E-state index contributed by atoms with van der Waals surface area (Å²) in [5.41, 5.74) is 18.4. The Bertz CT molecular complexity index is 3740. The summed E-state index contributed by atoms with van der Waals surface area (Å²) < 4.78 is 0. The second-order valence-corrected chi connectivity index (χ2v) is 18.8. The highest BCUT2D eigenvalue weighted by molar-refractivity contribution is 6.23. The number of fused-ring (bicyclic) bond motifs is 13. The molecule has 0 saturated heterocycles. The van der Waals surface area contributed by atoms with Gasteiger partial charge in [-0.2, -0.15) is 0 Å². The van der Waals surface area contributed by atoms with Gasteiger partial charge in [-0.25, -0.2) is 0 Å². The van der Waals surface area contributed by atoms with Crippen LogP contribution in [0.4, 0.5) is 0 Å². The molecular weight excluding hydrogens is 745 g/mol. The molecule has 0 bridgehead atoms. The molecule has 0 heterocycles. The Morgan fingerprint density at radius 3 is 1.19 bits per heavy atom. The Morgan fingerprint density at radius 1 is 0.242 bits per heavy atom. The fourth-order valence-electron chi connectivity index (χ4n) is 11.7.